The molecule has 6 aromatic rings. The second-order valence-corrected chi connectivity index (χ2v) is 27.3. The molecule has 105 heavy (non-hydrogen) atoms. The lowest BCUT2D eigenvalue weighted by Gasteiger charge is -2.52. The number of cyclic esters (lactones) is 1. The molecule has 1 fully saturated rings. The Bertz CT molecular complexity index is 4460. The Morgan fingerprint density at radius 2 is 1.31 bits per heavy atom. The predicted molar refractivity (Wildman–Crippen MR) is 383 cm³/mol. The van der Waals surface area contributed by atoms with Crippen molar-refractivity contribution in [2.75, 3.05) is 79.9 Å². The summed E-state index contributed by atoms with van der Waals surface area (Å²) in [6, 6.07) is 20.3. The number of rotatable bonds is 35. The molecule has 0 unspecified atom stereocenters. The van der Waals surface area contributed by atoms with E-state index in [4.69, 9.17) is 23.9 Å². The van der Waals surface area contributed by atoms with Gasteiger partial charge in [0.05, 0.1) is 92.4 Å². The van der Waals surface area contributed by atoms with Crippen LogP contribution in [0, 0.1) is 5.92 Å². The molecule has 0 saturated carbocycles. The molecule has 5 atom stereocenters. The van der Waals surface area contributed by atoms with Gasteiger partial charge < -0.3 is 86.3 Å². The first kappa shape index (κ1) is 78.1. The summed E-state index contributed by atoms with van der Waals surface area (Å²) in [5.41, 5.74) is -0.467. The quantitative estimate of drug-likeness (QED) is 0.0156. The van der Waals surface area contributed by atoms with Gasteiger partial charge in [-0.2, -0.15) is 0 Å². The van der Waals surface area contributed by atoms with Crippen LogP contribution < -0.4 is 52.8 Å². The molecule has 0 bridgehead atoms. The van der Waals surface area contributed by atoms with Crippen molar-refractivity contribution in [2.24, 2.45) is 5.92 Å². The van der Waals surface area contributed by atoms with Crippen LogP contribution in [0.1, 0.15) is 113 Å². The number of aromatic nitrogens is 2. The highest BCUT2D eigenvalue weighted by molar-refractivity contribution is 7.92. The lowest BCUT2D eigenvalue weighted by atomic mass is 9.59. The Balaban J connectivity index is 0.723. The Morgan fingerprint density at radius 3 is 1.97 bits per heavy atom. The number of esters is 1. The molecule has 2 aromatic heterocycles. The smallest absolute Gasteiger partial charge is 0.326 e. The molecule has 33 heteroatoms. The zero-order valence-corrected chi connectivity index (χ0v) is 59.4. The average molecular weight is 1470 g/mol. The maximum absolute atomic E-state index is 15.5. The number of nitrogens with zero attached hydrogens (tertiary/aromatic N) is 3. The van der Waals surface area contributed by atoms with E-state index in [-0.39, 0.29) is 124 Å². The van der Waals surface area contributed by atoms with Gasteiger partial charge in [0.1, 0.15) is 29.6 Å². The second kappa shape index (κ2) is 35.0. The Hall–Kier alpha value is -11.0. The van der Waals surface area contributed by atoms with Gasteiger partial charge in [-0.05, 0) is 121 Å². The van der Waals surface area contributed by atoms with Crippen LogP contribution in [0.15, 0.2) is 113 Å². The van der Waals surface area contributed by atoms with E-state index in [0.717, 1.165) is 21.4 Å². The van der Waals surface area contributed by atoms with Crippen LogP contribution in [0.4, 0.5) is 37.1 Å². The Morgan fingerprint density at radius 1 is 0.676 bits per heavy atom. The van der Waals surface area contributed by atoms with Gasteiger partial charge in [0, 0.05) is 59.8 Å². The average Bonchev–Trinajstić information content (AvgIpc) is 1.66. The summed E-state index contributed by atoms with van der Waals surface area (Å²) in [5.74, 6) is -8.74. The van der Waals surface area contributed by atoms with E-state index in [1.807, 2.05) is 38.1 Å². The van der Waals surface area contributed by atoms with Crippen LogP contribution in [0.25, 0.3) is 22.3 Å². The first-order valence-corrected chi connectivity index (χ1v) is 35.9. The summed E-state index contributed by atoms with van der Waals surface area (Å²) in [6.45, 7) is 8.76. The largest absolute Gasteiger partial charge is 0.481 e. The molecule has 5 heterocycles. The van der Waals surface area contributed by atoms with Crippen molar-refractivity contribution >= 4 is 103 Å². The number of aliphatic carboxylic acids is 3. The summed E-state index contributed by atoms with van der Waals surface area (Å²) in [4.78, 5) is 155. The third kappa shape index (κ3) is 18.1. The number of carboxylic acid groups (broad SMARTS) is 3. The maximum atomic E-state index is 15.5. The Kier molecular flexibility index (Phi) is 26.0. The molecule has 9 amide bonds. The molecule has 12 N–H and O–H groups in total. The van der Waals surface area contributed by atoms with Gasteiger partial charge in [0.25, 0.3) is 15.6 Å². The highest BCUT2D eigenvalue weighted by Crippen LogP contribution is 2.53. The number of anilines is 4. The standard InChI is InChI=1S/C72H86N12O20S/c1-6-26-73-68(96)77-46-15-12-17-48(36-46)105(99,100)82-47-16-11-14-43(35-47)55(38-59(86)87)80-70(98)76-45-22-20-44(21-23-45)75-69(97)74-27-30-102-32-34-103-33-31-101-29-24-58(85)78-56(39-60(88)89)64(91)84-28-13-25-72(84,66(94)81-61(42(4)5)65(92)93)71(8-3)53-37-57-62-51(40-83(57)63(90)52(53)41-104-67(71)95)49(7-2)50-18-9-10-19-54(50)79-62/h9-12,14-23,35-37,42,55-56,61,82H,6-8,13,24-34,38-41H2,1-5H3,(H,78,85)(H,81,94)(H,86,87)(H,88,89)(H,92,93)(H2,73,77,96)(H2,74,75,97)(H2,76,80,98)/t55-,56+,61+,71-,72+/m1/s1. The van der Waals surface area contributed by atoms with Crippen molar-refractivity contribution in [2.45, 2.75) is 133 Å². The molecule has 0 spiro atoms. The van der Waals surface area contributed by atoms with Crippen LogP contribution in [0.5, 0.6) is 0 Å². The number of pyridine rings is 2. The Labute approximate surface area is 604 Å². The number of para-hydroxylation sites is 1. The zero-order chi connectivity index (χ0) is 75.8. The minimum atomic E-state index is -4.20. The van der Waals surface area contributed by atoms with Crippen LogP contribution >= 0.6 is 0 Å². The highest BCUT2D eigenvalue weighted by atomic mass is 32.2. The molecule has 3 aliphatic rings. The summed E-state index contributed by atoms with van der Waals surface area (Å²) in [5, 5.41) is 52.0. The van der Waals surface area contributed by atoms with Crippen molar-refractivity contribution in [1.82, 2.24) is 41.0 Å². The third-order valence-corrected chi connectivity index (χ3v) is 19.8. The van der Waals surface area contributed by atoms with Crippen LogP contribution in [-0.4, -0.2) is 175 Å². The fourth-order valence-electron chi connectivity index (χ4n) is 13.5. The first-order chi connectivity index (χ1) is 50.2. The minimum Gasteiger partial charge on any atom is -0.481 e. The van der Waals surface area contributed by atoms with Gasteiger partial charge in [0.15, 0.2) is 0 Å². The molecular formula is C72H86N12O20S. The fraction of sp³-hybridized carbons (Fsp3) is 0.417. The molecule has 32 nitrogen and oxygen atoms in total. The van der Waals surface area contributed by atoms with Crippen molar-refractivity contribution in [3.8, 4) is 11.4 Å². The zero-order valence-electron chi connectivity index (χ0n) is 58.6. The van der Waals surface area contributed by atoms with Crippen LogP contribution in [-0.2, 0) is 87.5 Å². The summed E-state index contributed by atoms with van der Waals surface area (Å²) >= 11 is 0. The number of urea groups is 3. The van der Waals surface area contributed by atoms with E-state index >= 15 is 14.4 Å². The predicted octanol–water partition coefficient (Wildman–Crippen LogP) is 6.17. The number of hydrogen-bond donors (Lipinski definition) is 12. The molecule has 1 saturated heterocycles. The normalized spacial score (nSPS) is 16.6. The monoisotopic (exact) mass is 1470 g/mol. The van der Waals surface area contributed by atoms with Gasteiger partial charge >= 0.3 is 42.0 Å². The maximum Gasteiger partial charge on any atom is 0.326 e. The number of carboxylic acids is 3. The van der Waals surface area contributed by atoms with Gasteiger partial charge in [-0.25, -0.2) is 32.6 Å². The molecule has 9 rings (SSSR count). The van der Waals surface area contributed by atoms with Gasteiger partial charge in [-0.3, -0.25) is 38.3 Å². The number of fused-ring (bicyclic) bond motifs is 5. The molecular weight excluding hydrogens is 1380 g/mol. The molecule has 4 aromatic carbocycles. The van der Waals surface area contributed by atoms with E-state index in [2.05, 4.69) is 47.3 Å². The van der Waals surface area contributed by atoms with E-state index in [1.165, 1.54) is 77.4 Å². The van der Waals surface area contributed by atoms with Crippen LogP contribution in [0.2, 0.25) is 0 Å². The second-order valence-electron chi connectivity index (χ2n) is 25.6. The SMILES string of the molecule is CCCNC(=O)Nc1cccc(S(=O)(=O)Nc2cccc([C@@H](CC(=O)O)NC(=O)Nc3ccc(NC(=O)NCCOCCOCCOCCC(=O)N[C@@H](CC(=O)O)C(=O)N4CCC[C@]4(C(=O)N[C@H](C(=O)O)C(C)C)[C@@]4(CC)C(=O)OCc5c4cc4n(c5=O)Cc5c-4nc4ccccc4c5CC)cc3)c2)c1. The summed E-state index contributed by atoms with van der Waals surface area (Å²) in [7, 11) is -4.20. The third-order valence-electron chi connectivity index (χ3n) is 18.4. The molecule has 560 valence electrons. The van der Waals surface area contributed by atoms with Crippen LogP contribution in [0.3, 0.4) is 0 Å². The van der Waals surface area contributed by atoms with Crippen molar-refractivity contribution in [1.29, 1.82) is 0 Å². The van der Waals surface area contributed by atoms with Crippen molar-refractivity contribution in [3.63, 3.8) is 0 Å². The number of benzene rings is 4. The van der Waals surface area contributed by atoms with Crippen molar-refractivity contribution < 1.29 is 90.6 Å². The molecule has 0 aliphatic carbocycles. The minimum absolute atomic E-state index is 0.0103. The van der Waals surface area contributed by atoms with E-state index in [9.17, 15) is 62.1 Å². The molecule has 3 aliphatic heterocycles. The van der Waals surface area contributed by atoms with Gasteiger partial charge in [-0.15, -0.1) is 0 Å². The number of sulfonamides is 1. The van der Waals surface area contributed by atoms with E-state index < -0.39 is 130 Å². The first-order valence-electron chi connectivity index (χ1n) is 34.4. The number of amides is 9. The number of carbonyl (C=O) groups excluding carboxylic acids is 7. The number of carbonyl (C=O) groups is 10. The number of hydrogen-bond acceptors (Lipinski definition) is 18. The number of nitrogens with one attached hydrogen (secondary N) is 9. The number of aryl methyl sites for hydroxylation is 1. The lowest BCUT2D eigenvalue weighted by Crippen LogP contribution is -2.74. The fourth-order valence-corrected chi connectivity index (χ4v) is 14.6. The summed E-state index contributed by atoms with van der Waals surface area (Å²) in [6.07, 6.45) is -1.05. The van der Waals surface area contributed by atoms with E-state index in [1.54, 1.807) is 26.8 Å². The highest BCUT2D eigenvalue weighted by Gasteiger charge is 2.70. The molecule has 0 radical (unpaired) electrons. The topological polar surface area (TPSA) is 449 Å². The van der Waals surface area contributed by atoms with Gasteiger partial charge in [-0.1, -0.05) is 71.0 Å². The lowest BCUT2D eigenvalue weighted by molar-refractivity contribution is -0.171. The van der Waals surface area contributed by atoms with Gasteiger partial charge in [0.2, 0.25) is 17.7 Å². The number of ether oxygens (including phenoxy) is 4. The number of likely N-dealkylation sites (tertiary alicyclic amines) is 1. The van der Waals surface area contributed by atoms with Crippen molar-refractivity contribution in [3.05, 3.63) is 141 Å². The van der Waals surface area contributed by atoms with E-state index in [0.29, 0.717) is 42.0 Å². The summed E-state index contributed by atoms with van der Waals surface area (Å²) < 4.78 is 53.3.